The number of nitrogens with zero attached hydrogens (tertiary/aromatic N) is 4. The number of hydrogen-bond donors (Lipinski definition) is 0. The molecule has 4 aromatic heterocycles. The quantitative estimate of drug-likeness (QED) is 0.318. The molecule has 0 aliphatic heterocycles. The monoisotopic (exact) mass is 436 g/mol. The van der Waals surface area contributed by atoms with Gasteiger partial charge in [0.05, 0.1) is 17.2 Å². The molecule has 5 rings (SSSR count). The maximum atomic E-state index is 5.88. The van der Waals surface area contributed by atoms with E-state index in [9.17, 15) is 0 Å². The highest BCUT2D eigenvalue weighted by atomic mass is 32.2. The van der Waals surface area contributed by atoms with Gasteiger partial charge in [-0.1, -0.05) is 30.3 Å². The lowest BCUT2D eigenvalue weighted by atomic mass is 10.1. The van der Waals surface area contributed by atoms with Gasteiger partial charge in [-0.05, 0) is 30.3 Å². The Morgan fingerprint density at radius 3 is 2.70 bits per heavy atom. The van der Waals surface area contributed by atoms with E-state index in [1.807, 2.05) is 31.2 Å². The van der Waals surface area contributed by atoms with Crippen molar-refractivity contribution in [3.05, 3.63) is 59.6 Å². The molecule has 4 heterocycles. The van der Waals surface area contributed by atoms with Crippen LogP contribution in [0.15, 0.2) is 67.1 Å². The van der Waals surface area contributed by atoms with Crippen LogP contribution in [-0.2, 0) is 11.3 Å². The predicted octanol–water partition coefficient (Wildman–Crippen LogP) is 5.61. The molecule has 0 fully saturated rings. The van der Waals surface area contributed by atoms with Gasteiger partial charge in [0, 0.05) is 18.1 Å². The van der Waals surface area contributed by atoms with Crippen molar-refractivity contribution in [2.24, 2.45) is 0 Å². The topological polar surface area (TPSA) is 87.1 Å². The van der Waals surface area contributed by atoms with Gasteiger partial charge in [-0.3, -0.25) is 0 Å². The Balaban J connectivity index is 1.59. The molecular weight excluding hydrogens is 420 g/mol. The average Bonchev–Trinajstić information content (AvgIpc) is 3.48. The van der Waals surface area contributed by atoms with Gasteiger partial charge in [-0.15, -0.1) is 21.5 Å². The molecule has 0 unspecified atom stereocenters. The first kappa shape index (κ1) is 19.0. The van der Waals surface area contributed by atoms with Crippen molar-refractivity contribution >= 4 is 33.3 Å². The molecule has 0 aliphatic rings. The highest BCUT2D eigenvalue weighted by molar-refractivity contribution is 7.99. The largest absolute Gasteiger partial charge is 0.469 e. The van der Waals surface area contributed by atoms with Crippen LogP contribution in [0, 0.1) is 6.92 Å². The zero-order valence-electron chi connectivity index (χ0n) is 16.2. The Morgan fingerprint density at radius 2 is 1.93 bits per heavy atom. The van der Waals surface area contributed by atoms with Gasteiger partial charge in [0.15, 0.2) is 5.82 Å². The Hall–Kier alpha value is -3.01. The summed E-state index contributed by atoms with van der Waals surface area (Å²) >= 11 is 2.90. The number of rotatable bonds is 6. The minimum absolute atomic E-state index is 0.325. The van der Waals surface area contributed by atoms with Crippen LogP contribution in [0.5, 0.6) is 0 Å². The summed E-state index contributed by atoms with van der Waals surface area (Å²) in [7, 11) is 1.63. The van der Waals surface area contributed by atoms with Gasteiger partial charge >= 0.3 is 0 Å². The third kappa shape index (κ3) is 3.51. The van der Waals surface area contributed by atoms with E-state index < -0.39 is 0 Å². The molecule has 5 aromatic rings. The van der Waals surface area contributed by atoms with E-state index >= 15 is 0 Å². The molecule has 150 valence electrons. The molecule has 30 heavy (non-hydrogen) atoms. The van der Waals surface area contributed by atoms with Gasteiger partial charge in [-0.25, -0.2) is 9.97 Å². The van der Waals surface area contributed by atoms with Gasteiger partial charge in [0.25, 0.3) is 11.1 Å². The zero-order valence-corrected chi connectivity index (χ0v) is 17.8. The minimum Gasteiger partial charge on any atom is -0.469 e. The molecule has 7 nitrogen and oxygen atoms in total. The Morgan fingerprint density at radius 1 is 1.07 bits per heavy atom. The van der Waals surface area contributed by atoms with Crippen molar-refractivity contribution in [1.82, 2.24) is 20.2 Å². The molecule has 0 saturated carbocycles. The molecule has 0 N–H and O–H groups in total. The van der Waals surface area contributed by atoms with E-state index in [4.69, 9.17) is 18.6 Å². The summed E-state index contributed by atoms with van der Waals surface area (Å²) in [5.41, 5.74) is 2.96. The maximum absolute atomic E-state index is 5.88. The highest BCUT2D eigenvalue weighted by Gasteiger charge is 2.20. The Labute approximate surface area is 180 Å². The summed E-state index contributed by atoms with van der Waals surface area (Å²) in [6, 6.07) is 12.0. The highest BCUT2D eigenvalue weighted by Crippen LogP contribution is 2.40. The summed E-state index contributed by atoms with van der Waals surface area (Å²) in [4.78, 5) is 10.3. The fraction of sp³-hybridized carbons (Fsp3) is 0.143. The third-order valence-corrected chi connectivity index (χ3v) is 6.19. The summed E-state index contributed by atoms with van der Waals surface area (Å²) in [6.45, 7) is 2.18. The number of thiophene rings is 1. The van der Waals surface area contributed by atoms with Crippen molar-refractivity contribution < 1.29 is 13.6 Å². The zero-order chi connectivity index (χ0) is 20.5. The standard InChI is InChI=1S/C21H16N4O3S2/c1-12-14(8-9-27-12)18-24-25-21(28-18)30-20-17-15(13-6-4-3-5-7-13)11-29-19(17)22-16(23-20)10-26-2/h3-9,11H,10H2,1-2H3. The van der Waals surface area contributed by atoms with Crippen LogP contribution >= 0.6 is 23.1 Å². The molecule has 0 aliphatic carbocycles. The van der Waals surface area contributed by atoms with Crippen molar-refractivity contribution in [2.45, 2.75) is 23.8 Å². The Bertz CT molecular complexity index is 1310. The summed E-state index contributed by atoms with van der Waals surface area (Å²) in [6.07, 6.45) is 1.60. The number of ether oxygens (including phenoxy) is 1. The van der Waals surface area contributed by atoms with Crippen LogP contribution in [0.4, 0.5) is 0 Å². The number of methoxy groups -OCH3 is 1. The van der Waals surface area contributed by atoms with Crippen molar-refractivity contribution in [2.75, 3.05) is 7.11 Å². The lowest BCUT2D eigenvalue weighted by molar-refractivity contribution is 0.177. The van der Waals surface area contributed by atoms with Crippen LogP contribution in [-0.4, -0.2) is 27.3 Å². The molecule has 9 heteroatoms. The predicted molar refractivity (Wildman–Crippen MR) is 114 cm³/mol. The van der Waals surface area contributed by atoms with Crippen LogP contribution in [0.3, 0.4) is 0 Å². The van der Waals surface area contributed by atoms with Gasteiger partial charge < -0.3 is 13.6 Å². The van der Waals surface area contributed by atoms with Crippen LogP contribution < -0.4 is 0 Å². The first-order chi connectivity index (χ1) is 14.7. The van der Waals surface area contributed by atoms with Crippen molar-refractivity contribution in [3.8, 4) is 22.6 Å². The van der Waals surface area contributed by atoms with E-state index in [1.165, 1.54) is 11.8 Å². The Kier molecular flexibility index (Phi) is 5.07. The molecule has 0 atom stereocenters. The van der Waals surface area contributed by atoms with E-state index in [2.05, 4.69) is 32.7 Å². The summed E-state index contributed by atoms with van der Waals surface area (Å²) in [5, 5.41) is 12.6. The molecular formula is C21H16N4O3S2. The summed E-state index contributed by atoms with van der Waals surface area (Å²) < 4.78 is 16.5. The first-order valence-corrected chi connectivity index (χ1v) is 10.8. The molecule has 0 amide bonds. The number of aryl methyl sites for hydroxylation is 1. The fourth-order valence-electron chi connectivity index (χ4n) is 3.10. The third-order valence-electron chi connectivity index (χ3n) is 4.48. The summed E-state index contributed by atoms with van der Waals surface area (Å²) in [5.74, 6) is 1.75. The molecule has 0 radical (unpaired) electrons. The molecule has 0 bridgehead atoms. The number of hydrogen-bond acceptors (Lipinski definition) is 9. The normalized spacial score (nSPS) is 11.4. The molecule has 0 saturated heterocycles. The van der Waals surface area contributed by atoms with Gasteiger partial charge in [-0.2, -0.15) is 0 Å². The SMILES string of the molecule is COCc1nc(Sc2nnc(-c3ccoc3C)o2)c2c(-c3ccccc3)csc2n1. The number of furan rings is 1. The van der Waals surface area contributed by atoms with Gasteiger partial charge in [0.2, 0.25) is 0 Å². The van der Waals surface area contributed by atoms with Crippen LogP contribution in [0.1, 0.15) is 11.6 Å². The van der Waals surface area contributed by atoms with E-state index in [0.717, 1.165) is 37.7 Å². The van der Waals surface area contributed by atoms with E-state index in [0.29, 0.717) is 23.5 Å². The van der Waals surface area contributed by atoms with Crippen molar-refractivity contribution in [1.29, 1.82) is 0 Å². The average molecular weight is 437 g/mol. The van der Waals surface area contributed by atoms with E-state index in [-0.39, 0.29) is 0 Å². The van der Waals surface area contributed by atoms with Crippen molar-refractivity contribution in [3.63, 3.8) is 0 Å². The fourth-order valence-corrected chi connectivity index (χ4v) is 4.96. The smallest absolute Gasteiger partial charge is 0.283 e. The second kappa shape index (κ2) is 8.02. The molecule has 1 aromatic carbocycles. The lowest BCUT2D eigenvalue weighted by Crippen LogP contribution is -1.98. The first-order valence-electron chi connectivity index (χ1n) is 9.11. The molecule has 0 spiro atoms. The number of benzene rings is 1. The van der Waals surface area contributed by atoms with Gasteiger partial charge in [0.1, 0.15) is 22.2 Å². The van der Waals surface area contributed by atoms with Crippen LogP contribution in [0.25, 0.3) is 32.8 Å². The minimum atomic E-state index is 0.325. The maximum Gasteiger partial charge on any atom is 0.283 e. The lowest BCUT2D eigenvalue weighted by Gasteiger charge is -2.06. The second-order valence-electron chi connectivity index (χ2n) is 6.44. The second-order valence-corrected chi connectivity index (χ2v) is 8.24. The number of aromatic nitrogens is 4. The number of fused-ring (bicyclic) bond motifs is 1. The van der Waals surface area contributed by atoms with Crippen LogP contribution in [0.2, 0.25) is 0 Å². The van der Waals surface area contributed by atoms with E-state index in [1.54, 1.807) is 24.7 Å².